The predicted molar refractivity (Wildman–Crippen MR) is 54.2 cm³/mol. The van der Waals surface area contributed by atoms with Gasteiger partial charge in [0.25, 0.3) is 0 Å². The number of aryl methyl sites for hydroxylation is 2. The molecule has 0 radical (unpaired) electrons. The second-order valence-electron chi connectivity index (χ2n) is 2.86. The average molecular weight is 177 g/mol. The zero-order valence-corrected chi connectivity index (χ0v) is 8.17. The molecule has 13 heavy (non-hydrogen) atoms. The van der Waals surface area contributed by atoms with E-state index >= 15 is 0 Å². The van der Waals surface area contributed by atoms with Crippen LogP contribution in [0.4, 0.5) is 5.82 Å². The van der Waals surface area contributed by atoms with E-state index in [0.717, 1.165) is 30.2 Å². The molecule has 0 aliphatic rings. The average Bonchev–Trinajstić information content (AvgIpc) is 2.45. The van der Waals surface area contributed by atoms with Gasteiger partial charge in [0.15, 0.2) is 0 Å². The molecule has 0 saturated heterocycles. The van der Waals surface area contributed by atoms with Gasteiger partial charge in [0.2, 0.25) is 0 Å². The normalized spacial score (nSPS) is 9.92. The van der Waals surface area contributed by atoms with E-state index in [9.17, 15) is 0 Å². The third kappa shape index (κ3) is 1.67. The first-order chi connectivity index (χ1) is 6.24. The van der Waals surface area contributed by atoms with Crippen LogP contribution in [-0.4, -0.2) is 9.55 Å². The maximum Gasteiger partial charge on any atom is 0.127 e. The van der Waals surface area contributed by atoms with E-state index in [1.165, 1.54) is 0 Å². The number of aromatic nitrogens is 2. The summed E-state index contributed by atoms with van der Waals surface area (Å²) in [6, 6.07) is 0. The van der Waals surface area contributed by atoms with Crippen LogP contribution < -0.4 is 5.73 Å². The summed E-state index contributed by atoms with van der Waals surface area (Å²) in [6.45, 7) is 4.61. The maximum absolute atomic E-state index is 5.88. The standard InChI is InChI=1S/C10H15N3/c1-4-7-13-9(6-3)12-8(5-2)10(13)11/h1H,5-7,11H2,2-3H3. The van der Waals surface area contributed by atoms with Crippen molar-refractivity contribution in [3.8, 4) is 12.3 Å². The van der Waals surface area contributed by atoms with Gasteiger partial charge in [0, 0.05) is 6.42 Å². The van der Waals surface area contributed by atoms with Crippen LogP contribution >= 0.6 is 0 Å². The summed E-state index contributed by atoms with van der Waals surface area (Å²) in [5.41, 5.74) is 6.83. The number of rotatable bonds is 3. The Kier molecular flexibility index (Phi) is 2.97. The van der Waals surface area contributed by atoms with Gasteiger partial charge in [-0.3, -0.25) is 0 Å². The van der Waals surface area contributed by atoms with Crippen molar-refractivity contribution in [2.24, 2.45) is 0 Å². The molecule has 0 unspecified atom stereocenters. The summed E-state index contributed by atoms with van der Waals surface area (Å²) >= 11 is 0. The summed E-state index contributed by atoms with van der Waals surface area (Å²) < 4.78 is 1.90. The van der Waals surface area contributed by atoms with Crippen LogP contribution in [-0.2, 0) is 19.4 Å². The molecule has 0 bridgehead atoms. The Morgan fingerprint density at radius 3 is 2.62 bits per heavy atom. The number of nitrogens with two attached hydrogens (primary N) is 1. The molecule has 70 valence electrons. The minimum atomic E-state index is 0.516. The van der Waals surface area contributed by atoms with Crippen molar-refractivity contribution in [3.63, 3.8) is 0 Å². The SMILES string of the molecule is C#CCn1c(CC)nc(CC)c1N. The van der Waals surface area contributed by atoms with E-state index in [-0.39, 0.29) is 0 Å². The molecule has 1 aromatic heterocycles. The fourth-order valence-electron chi connectivity index (χ4n) is 1.37. The fraction of sp³-hybridized carbons (Fsp3) is 0.500. The Hall–Kier alpha value is -1.43. The Balaban J connectivity index is 3.14. The summed E-state index contributed by atoms with van der Waals surface area (Å²) in [6.07, 6.45) is 6.97. The number of imidazole rings is 1. The van der Waals surface area contributed by atoms with E-state index in [0.29, 0.717) is 6.54 Å². The topological polar surface area (TPSA) is 43.8 Å². The highest BCUT2D eigenvalue weighted by Crippen LogP contribution is 2.15. The minimum Gasteiger partial charge on any atom is -0.384 e. The lowest BCUT2D eigenvalue weighted by Crippen LogP contribution is -2.05. The first-order valence-corrected chi connectivity index (χ1v) is 4.51. The van der Waals surface area contributed by atoms with Crippen molar-refractivity contribution in [1.82, 2.24) is 9.55 Å². The highest BCUT2D eigenvalue weighted by molar-refractivity contribution is 5.38. The molecule has 1 aromatic rings. The molecule has 0 amide bonds. The molecule has 0 fully saturated rings. The summed E-state index contributed by atoms with van der Waals surface area (Å²) in [5.74, 6) is 4.28. The molecule has 0 aromatic carbocycles. The van der Waals surface area contributed by atoms with Gasteiger partial charge in [0.05, 0.1) is 12.2 Å². The number of hydrogen-bond acceptors (Lipinski definition) is 2. The highest BCUT2D eigenvalue weighted by Gasteiger charge is 2.10. The molecule has 0 aliphatic carbocycles. The molecule has 2 N–H and O–H groups in total. The maximum atomic E-state index is 5.88. The number of nitrogen functional groups attached to an aromatic ring is 1. The lowest BCUT2D eigenvalue weighted by atomic mass is 10.3. The number of hydrogen-bond donors (Lipinski definition) is 1. The van der Waals surface area contributed by atoms with Crippen molar-refractivity contribution in [2.75, 3.05) is 5.73 Å². The summed E-state index contributed by atoms with van der Waals surface area (Å²) in [4.78, 5) is 4.41. The summed E-state index contributed by atoms with van der Waals surface area (Å²) in [7, 11) is 0. The number of nitrogens with zero attached hydrogens (tertiary/aromatic N) is 2. The van der Waals surface area contributed by atoms with Gasteiger partial charge in [0.1, 0.15) is 11.6 Å². The Morgan fingerprint density at radius 1 is 1.46 bits per heavy atom. The minimum absolute atomic E-state index is 0.516. The van der Waals surface area contributed by atoms with E-state index in [1.54, 1.807) is 0 Å². The number of anilines is 1. The third-order valence-corrected chi connectivity index (χ3v) is 2.06. The lowest BCUT2D eigenvalue weighted by molar-refractivity contribution is 0.769. The van der Waals surface area contributed by atoms with Crippen molar-refractivity contribution >= 4 is 5.82 Å². The number of terminal acetylenes is 1. The van der Waals surface area contributed by atoms with E-state index < -0.39 is 0 Å². The quantitative estimate of drug-likeness (QED) is 0.705. The van der Waals surface area contributed by atoms with Crippen molar-refractivity contribution in [3.05, 3.63) is 11.5 Å². The van der Waals surface area contributed by atoms with E-state index in [1.807, 2.05) is 18.4 Å². The van der Waals surface area contributed by atoms with Gasteiger partial charge in [-0.05, 0) is 6.42 Å². The van der Waals surface area contributed by atoms with Crippen LogP contribution in [0.25, 0.3) is 0 Å². The van der Waals surface area contributed by atoms with Gasteiger partial charge >= 0.3 is 0 Å². The summed E-state index contributed by atoms with van der Waals surface area (Å²) in [5, 5.41) is 0. The second-order valence-corrected chi connectivity index (χ2v) is 2.86. The monoisotopic (exact) mass is 177 g/mol. The zero-order chi connectivity index (χ0) is 9.84. The molecule has 0 atom stereocenters. The Morgan fingerprint density at radius 2 is 2.15 bits per heavy atom. The third-order valence-electron chi connectivity index (χ3n) is 2.06. The predicted octanol–water partition coefficient (Wildman–Crippen LogP) is 1.22. The van der Waals surface area contributed by atoms with Gasteiger partial charge in [-0.2, -0.15) is 0 Å². The van der Waals surface area contributed by atoms with Gasteiger partial charge in [-0.15, -0.1) is 6.42 Å². The first kappa shape index (κ1) is 9.66. The van der Waals surface area contributed by atoms with Crippen LogP contribution in [0.5, 0.6) is 0 Å². The largest absolute Gasteiger partial charge is 0.384 e. The lowest BCUT2D eigenvalue weighted by Gasteiger charge is -2.03. The van der Waals surface area contributed by atoms with Gasteiger partial charge in [-0.1, -0.05) is 19.8 Å². The molecule has 0 spiro atoms. The van der Waals surface area contributed by atoms with Gasteiger partial charge in [-0.25, -0.2) is 4.98 Å². The Bertz CT molecular complexity index is 331. The van der Waals surface area contributed by atoms with E-state index in [4.69, 9.17) is 12.2 Å². The smallest absolute Gasteiger partial charge is 0.127 e. The van der Waals surface area contributed by atoms with E-state index in [2.05, 4.69) is 10.9 Å². The molecular weight excluding hydrogens is 162 g/mol. The second kappa shape index (κ2) is 3.99. The van der Waals surface area contributed by atoms with Crippen LogP contribution in [0.3, 0.4) is 0 Å². The van der Waals surface area contributed by atoms with Crippen molar-refractivity contribution in [1.29, 1.82) is 0 Å². The van der Waals surface area contributed by atoms with Crippen LogP contribution in [0.15, 0.2) is 0 Å². The Labute approximate surface area is 79.0 Å². The van der Waals surface area contributed by atoms with Crippen molar-refractivity contribution < 1.29 is 0 Å². The van der Waals surface area contributed by atoms with Crippen LogP contribution in [0.1, 0.15) is 25.4 Å². The highest BCUT2D eigenvalue weighted by atomic mass is 15.1. The molecular formula is C10H15N3. The fourth-order valence-corrected chi connectivity index (χ4v) is 1.37. The molecule has 1 rings (SSSR count). The molecule has 3 heteroatoms. The van der Waals surface area contributed by atoms with Gasteiger partial charge < -0.3 is 10.3 Å². The molecule has 0 saturated carbocycles. The molecule has 3 nitrogen and oxygen atoms in total. The van der Waals surface area contributed by atoms with Crippen LogP contribution in [0.2, 0.25) is 0 Å². The van der Waals surface area contributed by atoms with Crippen molar-refractivity contribution in [2.45, 2.75) is 33.2 Å². The zero-order valence-electron chi connectivity index (χ0n) is 8.17. The first-order valence-electron chi connectivity index (χ1n) is 4.51. The van der Waals surface area contributed by atoms with Crippen LogP contribution in [0, 0.1) is 12.3 Å². The molecule has 1 heterocycles. The molecule has 0 aliphatic heterocycles.